The van der Waals surface area contributed by atoms with Crippen molar-refractivity contribution in [3.63, 3.8) is 0 Å². The van der Waals surface area contributed by atoms with Gasteiger partial charge in [0.15, 0.2) is 0 Å². The number of anilines is 2. The monoisotopic (exact) mass is 545 g/mol. The van der Waals surface area contributed by atoms with E-state index < -0.39 is 12.1 Å². The molecule has 2 aromatic carbocycles. The quantitative estimate of drug-likeness (QED) is 0.416. The first-order chi connectivity index (χ1) is 19.2. The Bertz CT molecular complexity index is 1320. The van der Waals surface area contributed by atoms with Crippen LogP contribution in [0.4, 0.5) is 16.2 Å². The molecule has 4 amide bonds. The predicted octanol–water partition coefficient (Wildman–Crippen LogP) is 3.65. The number of hydrogen-bond donors (Lipinski definition) is 3. The Kier molecular flexibility index (Phi) is 9.34. The van der Waals surface area contributed by atoms with E-state index in [1.807, 2.05) is 37.3 Å². The van der Waals surface area contributed by atoms with E-state index in [2.05, 4.69) is 15.6 Å². The predicted molar refractivity (Wildman–Crippen MR) is 152 cm³/mol. The molecule has 0 radical (unpaired) electrons. The van der Waals surface area contributed by atoms with Gasteiger partial charge in [-0.1, -0.05) is 25.1 Å². The van der Waals surface area contributed by atoms with E-state index in [-0.39, 0.29) is 43.3 Å². The largest absolute Gasteiger partial charge is 0.488 e. The number of ether oxygens (including phenoxy) is 1. The second kappa shape index (κ2) is 13.1. The van der Waals surface area contributed by atoms with Crippen LogP contribution in [0.15, 0.2) is 73.1 Å². The molecule has 0 saturated heterocycles. The van der Waals surface area contributed by atoms with Gasteiger partial charge < -0.3 is 30.3 Å². The highest BCUT2D eigenvalue weighted by molar-refractivity contribution is 6.04. The van der Waals surface area contributed by atoms with Crippen LogP contribution in [0, 0.1) is 5.92 Å². The van der Waals surface area contributed by atoms with Crippen molar-refractivity contribution < 1.29 is 24.2 Å². The SMILES string of the molecule is C[C@@H]1CN([C@H](C)CO)C(=O)Cc2cc(NC(=O)c3ccncc3)ccc2O[C@H]1CN(C)C(=O)Nc1ccccc1. The van der Waals surface area contributed by atoms with Gasteiger partial charge in [-0.2, -0.15) is 0 Å². The third kappa shape index (κ3) is 7.15. The van der Waals surface area contributed by atoms with Crippen molar-refractivity contribution in [2.45, 2.75) is 32.4 Å². The Morgan fingerprint density at radius 1 is 1.10 bits per heavy atom. The highest BCUT2D eigenvalue weighted by Gasteiger charge is 2.32. The number of pyridine rings is 1. The van der Waals surface area contributed by atoms with Crippen molar-refractivity contribution in [1.29, 1.82) is 0 Å². The second-order valence-corrected chi connectivity index (χ2v) is 10.1. The number of nitrogens with zero attached hydrogens (tertiary/aromatic N) is 3. The van der Waals surface area contributed by atoms with Gasteiger partial charge in [-0.05, 0) is 49.4 Å². The summed E-state index contributed by atoms with van der Waals surface area (Å²) in [6, 6.07) is 16.9. The van der Waals surface area contributed by atoms with Crippen molar-refractivity contribution in [1.82, 2.24) is 14.8 Å². The molecule has 2 heterocycles. The number of hydrogen-bond acceptors (Lipinski definition) is 6. The number of fused-ring (bicyclic) bond motifs is 1. The van der Waals surface area contributed by atoms with Gasteiger partial charge in [0, 0.05) is 54.4 Å². The Balaban J connectivity index is 1.59. The van der Waals surface area contributed by atoms with E-state index in [4.69, 9.17) is 4.74 Å². The summed E-state index contributed by atoms with van der Waals surface area (Å²) >= 11 is 0. The number of aliphatic hydroxyl groups is 1. The molecule has 0 unspecified atom stereocenters. The number of nitrogens with one attached hydrogen (secondary N) is 2. The van der Waals surface area contributed by atoms with Crippen LogP contribution >= 0.6 is 0 Å². The van der Waals surface area contributed by atoms with Gasteiger partial charge in [-0.15, -0.1) is 0 Å². The third-order valence-electron chi connectivity index (χ3n) is 6.94. The van der Waals surface area contributed by atoms with E-state index in [1.165, 1.54) is 0 Å². The maximum absolute atomic E-state index is 13.4. The highest BCUT2D eigenvalue weighted by atomic mass is 16.5. The number of aromatic nitrogens is 1. The molecule has 4 rings (SSSR count). The van der Waals surface area contributed by atoms with Gasteiger partial charge in [-0.3, -0.25) is 14.6 Å². The topological polar surface area (TPSA) is 124 Å². The molecule has 0 fully saturated rings. The zero-order chi connectivity index (χ0) is 28.6. The van der Waals surface area contributed by atoms with Crippen molar-refractivity contribution in [2.24, 2.45) is 5.92 Å². The average molecular weight is 546 g/mol. The number of amides is 4. The molecule has 3 aromatic rings. The lowest BCUT2D eigenvalue weighted by molar-refractivity contribution is -0.134. The first-order valence-electron chi connectivity index (χ1n) is 13.2. The zero-order valence-electron chi connectivity index (χ0n) is 22.9. The minimum atomic E-state index is -0.457. The lowest BCUT2D eigenvalue weighted by Crippen LogP contribution is -2.48. The zero-order valence-corrected chi connectivity index (χ0v) is 22.9. The van der Waals surface area contributed by atoms with Gasteiger partial charge in [0.1, 0.15) is 11.9 Å². The molecule has 10 heteroatoms. The van der Waals surface area contributed by atoms with Gasteiger partial charge in [0.2, 0.25) is 5.91 Å². The molecule has 0 saturated carbocycles. The van der Waals surface area contributed by atoms with Crippen LogP contribution in [-0.2, 0) is 11.2 Å². The molecule has 3 N–H and O–H groups in total. The fourth-order valence-electron chi connectivity index (χ4n) is 4.52. The fraction of sp³-hybridized carbons (Fsp3) is 0.333. The second-order valence-electron chi connectivity index (χ2n) is 10.1. The number of urea groups is 1. The van der Waals surface area contributed by atoms with Crippen LogP contribution in [0.1, 0.15) is 29.8 Å². The first-order valence-corrected chi connectivity index (χ1v) is 13.2. The molecular formula is C30H35N5O5. The van der Waals surface area contributed by atoms with E-state index in [0.29, 0.717) is 34.8 Å². The summed E-state index contributed by atoms with van der Waals surface area (Å²) in [5.74, 6) is -0.123. The summed E-state index contributed by atoms with van der Waals surface area (Å²) in [7, 11) is 1.69. The summed E-state index contributed by atoms with van der Waals surface area (Å²) < 4.78 is 6.47. The van der Waals surface area contributed by atoms with Gasteiger partial charge >= 0.3 is 6.03 Å². The third-order valence-corrected chi connectivity index (χ3v) is 6.94. The van der Waals surface area contributed by atoms with Crippen LogP contribution in [0.25, 0.3) is 0 Å². The van der Waals surface area contributed by atoms with Crippen molar-refractivity contribution in [3.05, 3.63) is 84.2 Å². The van der Waals surface area contributed by atoms with Crippen LogP contribution in [0.3, 0.4) is 0 Å². The standard InChI is InChI=1S/C30H35N5O5/c1-20-17-35(21(2)19-36)28(37)16-23-15-25(32-29(38)22-11-13-31-14-12-22)9-10-26(23)40-27(20)18-34(3)30(39)33-24-7-5-4-6-8-24/h4-15,20-21,27,36H,16-19H2,1-3H3,(H,32,38)(H,33,39)/t20-,21-,27+/m1/s1. The minimum Gasteiger partial charge on any atom is -0.488 e. The molecule has 10 nitrogen and oxygen atoms in total. The number of rotatable bonds is 7. The Labute approximate surface area is 234 Å². The van der Waals surface area contributed by atoms with Crippen molar-refractivity contribution in [3.8, 4) is 5.75 Å². The summed E-state index contributed by atoms with van der Waals surface area (Å²) in [6.07, 6.45) is 2.66. The fourth-order valence-corrected chi connectivity index (χ4v) is 4.52. The lowest BCUT2D eigenvalue weighted by atomic mass is 10.0. The van der Waals surface area contributed by atoms with Crippen LogP contribution < -0.4 is 15.4 Å². The molecule has 3 atom stereocenters. The Hall–Kier alpha value is -4.44. The minimum absolute atomic E-state index is 0.0302. The number of aliphatic hydroxyl groups excluding tert-OH is 1. The summed E-state index contributed by atoms with van der Waals surface area (Å²) in [4.78, 5) is 46.2. The van der Waals surface area contributed by atoms with Crippen LogP contribution in [0.5, 0.6) is 5.75 Å². The molecule has 210 valence electrons. The molecule has 40 heavy (non-hydrogen) atoms. The molecule has 1 aliphatic rings. The van der Waals surface area contributed by atoms with Crippen molar-refractivity contribution in [2.75, 3.05) is 37.4 Å². The maximum Gasteiger partial charge on any atom is 0.321 e. The van der Waals surface area contributed by atoms with Crippen molar-refractivity contribution >= 4 is 29.2 Å². The average Bonchev–Trinajstić information content (AvgIpc) is 3.01. The number of likely N-dealkylation sites (N-methyl/N-ethyl adjacent to an activating group) is 1. The van der Waals surface area contributed by atoms with E-state index in [9.17, 15) is 19.5 Å². The molecule has 1 aromatic heterocycles. The number of carbonyl (C=O) groups excluding carboxylic acids is 3. The van der Waals surface area contributed by atoms with Gasteiger partial charge in [-0.25, -0.2) is 4.79 Å². The molecule has 0 aliphatic carbocycles. The number of carbonyl (C=O) groups is 3. The van der Waals surface area contributed by atoms with Gasteiger partial charge in [0.05, 0.1) is 25.6 Å². The summed E-state index contributed by atoms with van der Waals surface area (Å²) in [5, 5.41) is 15.6. The van der Waals surface area contributed by atoms with Crippen LogP contribution in [0.2, 0.25) is 0 Å². The summed E-state index contributed by atoms with van der Waals surface area (Å²) in [5.41, 5.74) is 2.26. The van der Waals surface area contributed by atoms with Crippen LogP contribution in [-0.4, -0.2) is 76.6 Å². The number of benzene rings is 2. The first kappa shape index (κ1) is 28.6. The molecule has 0 spiro atoms. The normalized spacial score (nSPS) is 17.8. The Morgan fingerprint density at radius 2 is 1.82 bits per heavy atom. The Morgan fingerprint density at radius 3 is 2.52 bits per heavy atom. The molecule has 0 bridgehead atoms. The highest BCUT2D eigenvalue weighted by Crippen LogP contribution is 2.29. The molecular weight excluding hydrogens is 510 g/mol. The molecule has 1 aliphatic heterocycles. The maximum atomic E-state index is 13.4. The smallest absolute Gasteiger partial charge is 0.321 e. The van der Waals surface area contributed by atoms with Gasteiger partial charge in [0.25, 0.3) is 5.91 Å². The van der Waals surface area contributed by atoms with E-state index in [0.717, 1.165) is 0 Å². The van der Waals surface area contributed by atoms with E-state index in [1.54, 1.807) is 66.5 Å². The number of para-hydroxylation sites is 1. The summed E-state index contributed by atoms with van der Waals surface area (Å²) in [6.45, 7) is 4.18. The van der Waals surface area contributed by atoms with E-state index >= 15 is 0 Å². The lowest BCUT2D eigenvalue weighted by Gasteiger charge is -2.34.